The molecule has 35 heteroatoms. The number of methoxy groups -OCH3 is 2. The molecule has 28 nitrogen and oxygen atoms in total. The summed E-state index contributed by atoms with van der Waals surface area (Å²) in [6.45, 7) is -0.738. The highest BCUT2D eigenvalue weighted by Crippen LogP contribution is 2.55. The van der Waals surface area contributed by atoms with Gasteiger partial charge in [0, 0.05) is 152 Å². The van der Waals surface area contributed by atoms with Crippen LogP contribution in [0.2, 0.25) is 0 Å². The van der Waals surface area contributed by atoms with Crippen LogP contribution in [0.5, 0.6) is 11.5 Å². The number of Topliss-reactive ketones (excluding diaryl/α,β-unsaturated/α-hetero) is 5. The highest BCUT2D eigenvalue weighted by atomic mass is 19.4. The van der Waals surface area contributed by atoms with Gasteiger partial charge in [0.1, 0.15) is 103 Å². The lowest BCUT2D eigenvalue weighted by molar-refractivity contribution is -0.137. The van der Waals surface area contributed by atoms with Crippen molar-refractivity contribution in [1.29, 1.82) is 0 Å². The molecule has 11 aromatic rings. The van der Waals surface area contributed by atoms with Crippen LogP contribution in [0.3, 0.4) is 0 Å². The number of hydrogen-bond acceptors (Lipinski definition) is 27. The molecule has 7 heterocycles. The van der Waals surface area contributed by atoms with Crippen molar-refractivity contribution >= 4 is 34.8 Å². The van der Waals surface area contributed by atoms with E-state index in [9.17, 15) is 59.5 Å². The van der Waals surface area contributed by atoms with E-state index in [0.29, 0.717) is 77.7 Å². The number of carbonyl (C=O) groups is 6. The Kier molecular flexibility index (Phi) is 34.9. The largest absolute Gasteiger partial charge is 0.497 e. The van der Waals surface area contributed by atoms with Crippen molar-refractivity contribution in [3.8, 4) is 11.5 Å². The Morgan fingerprint density at radius 1 is 0.391 bits per heavy atom. The normalized spacial score (nSPS) is 15.8. The lowest BCUT2D eigenvalue weighted by Crippen LogP contribution is -2.32. The molecular weight excluding hydrogens is 1730 g/mol. The Bertz CT molecular complexity index is 5730. The number of carbonyl (C=O) groups excluding carboxylic acids is 6. The Labute approximate surface area is 763 Å². The fourth-order valence-electron chi connectivity index (χ4n) is 16.3. The van der Waals surface area contributed by atoms with E-state index >= 15 is 0 Å². The van der Waals surface area contributed by atoms with Crippen LogP contribution in [0.4, 0.5) is 30.7 Å². The lowest BCUT2D eigenvalue weighted by atomic mass is 9.67. The number of alkyl halides is 3. The number of nitrogens with zero attached hydrogens (tertiary/aromatic N) is 12. The number of benzene rings is 5. The van der Waals surface area contributed by atoms with Gasteiger partial charge in [-0.05, 0) is 167 Å². The third-order valence-corrected chi connectivity index (χ3v) is 24.7. The first-order valence-electron chi connectivity index (χ1n) is 43.1. The maximum atomic E-state index is 14.0. The van der Waals surface area contributed by atoms with Crippen molar-refractivity contribution in [3.05, 3.63) is 309 Å². The molecule has 8 N–H and O–H groups in total. The quantitative estimate of drug-likeness (QED) is 0.00897. The Morgan fingerprint density at radius 3 is 1.11 bits per heavy atom. The first-order valence-corrected chi connectivity index (χ1v) is 43.1. The number of hydroxylamine groups is 1. The van der Waals surface area contributed by atoms with Crippen LogP contribution in [0, 0.1) is 29.2 Å². The number of piperidine rings is 1. The van der Waals surface area contributed by atoms with E-state index in [1.807, 2.05) is 24.3 Å². The van der Waals surface area contributed by atoms with E-state index in [1.165, 1.54) is 147 Å². The molecule has 1 aliphatic heterocycles. The summed E-state index contributed by atoms with van der Waals surface area (Å²) in [5.41, 5.74) is 5.04. The van der Waals surface area contributed by atoms with Gasteiger partial charge in [-0.1, -0.05) is 81.3 Å². The molecule has 0 atom stereocenters. The first kappa shape index (κ1) is 101. The summed E-state index contributed by atoms with van der Waals surface area (Å²) < 4.78 is 104. The molecule has 0 bridgehead atoms. The fourth-order valence-corrected chi connectivity index (χ4v) is 16.3. The number of nitrogens with one attached hydrogen (secondary N) is 2. The number of halogens is 7. The topological polar surface area (TPSA) is 421 Å². The summed E-state index contributed by atoms with van der Waals surface area (Å²) in [7, 11) is 3.34. The van der Waals surface area contributed by atoms with E-state index in [4.69, 9.17) is 40.2 Å². The van der Waals surface area contributed by atoms with Gasteiger partial charge in [-0.25, -0.2) is 82.8 Å². The molecular formula is C98H105F7N14O14. The van der Waals surface area contributed by atoms with Gasteiger partial charge in [0.15, 0.2) is 28.9 Å². The minimum Gasteiger partial charge on any atom is -0.497 e. The second-order valence-electron chi connectivity index (χ2n) is 33.7. The van der Waals surface area contributed by atoms with Crippen LogP contribution in [0.15, 0.2) is 184 Å². The van der Waals surface area contributed by atoms with Crippen molar-refractivity contribution in [2.45, 2.75) is 176 Å². The second-order valence-corrected chi connectivity index (χ2v) is 33.7. The number of aliphatic hydroxyl groups excluding tert-OH is 5. The van der Waals surface area contributed by atoms with Crippen LogP contribution >= 0.6 is 0 Å². The second kappa shape index (κ2) is 46.1. The van der Waals surface area contributed by atoms with Gasteiger partial charge in [-0.15, -0.1) is 0 Å². The number of rotatable bonds is 30. The van der Waals surface area contributed by atoms with Crippen molar-refractivity contribution < 1.29 is 99.7 Å². The molecule has 133 heavy (non-hydrogen) atoms. The predicted octanol–water partition coefficient (Wildman–Crippen LogP) is 13.2. The number of aromatic nitrogens is 12. The number of ether oxygens (including phenoxy) is 2. The average Bonchev–Trinajstić information content (AvgIpc) is 1.60. The molecule has 0 unspecified atom stereocenters. The summed E-state index contributed by atoms with van der Waals surface area (Å²) in [4.78, 5) is 118. The summed E-state index contributed by atoms with van der Waals surface area (Å²) in [6, 6.07) is 29.3. The van der Waals surface area contributed by atoms with E-state index in [2.05, 4.69) is 89.4 Å². The van der Waals surface area contributed by atoms with Gasteiger partial charge in [-0.2, -0.15) is 13.2 Å². The monoisotopic (exact) mass is 1830 g/mol. The smallest absolute Gasteiger partial charge is 0.416 e. The Morgan fingerprint density at radius 2 is 0.744 bits per heavy atom. The molecule has 6 fully saturated rings. The van der Waals surface area contributed by atoms with Crippen molar-refractivity contribution in [1.82, 2.24) is 70.6 Å². The number of hydrogen-bond donors (Lipinski definition) is 8. The summed E-state index contributed by atoms with van der Waals surface area (Å²) in [6.07, 6.45) is 30.9. The molecule has 0 spiro atoms. The summed E-state index contributed by atoms with van der Waals surface area (Å²) in [5.74, 6) is 1.01. The predicted molar refractivity (Wildman–Crippen MR) is 472 cm³/mol. The van der Waals surface area contributed by atoms with Gasteiger partial charge in [-0.3, -0.25) is 34.0 Å². The highest BCUT2D eigenvalue weighted by Gasteiger charge is 2.50. The zero-order valence-electron chi connectivity index (χ0n) is 72.7. The minimum atomic E-state index is -4.37. The SMILES string of the molecule is C.COc1ccc(C2(Cc3ncc(C(=O)CO)cn3)CCCCC2)cc1.COc1cccc(C2(Cc3ncc(C(=O)CO)cn3)CC2)c1.O=C(CO)c1cnc(CC2(c3c(F)cccc3F)CC2)nc1.O=C(CO)c1cnc(CC2(c3ccc(F)cc3F)CC2)nc1.O=C(CO)c1cnc(CC2(c3cccc(C(F)(F)F)c3)CC2)nc1.O=C(NO)c1cnc(CC2CCNCC2)nc1. The van der Waals surface area contributed by atoms with Gasteiger partial charge in [0.25, 0.3) is 5.91 Å². The first-order chi connectivity index (χ1) is 63.6. The third-order valence-electron chi connectivity index (χ3n) is 24.7. The van der Waals surface area contributed by atoms with Gasteiger partial charge < -0.3 is 40.3 Å². The van der Waals surface area contributed by atoms with E-state index in [1.54, 1.807) is 25.8 Å². The maximum Gasteiger partial charge on any atom is 0.416 e. The fraction of sp³-hybridized carbons (Fsp3) is 0.388. The van der Waals surface area contributed by atoms with Crippen molar-refractivity contribution in [2.75, 3.05) is 60.3 Å². The molecule has 17 rings (SSSR count). The summed E-state index contributed by atoms with van der Waals surface area (Å²) in [5, 5.41) is 55.9. The van der Waals surface area contributed by atoms with Crippen LogP contribution in [0.25, 0.3) is 0 Å². The van der Waals surface area contributed by atoms with Crippen molar-refractivity contribution in [3.63, 3.8) is 0 Å². The van der Waals surface area contributed by atoms with E-state index < -0.39 is 96.7 Å². The zero-order valence-corrected chi connectivity index (χ0v) is 72.7. The van der Waals surface area contributed by atoms with Gasteiger partial charge in [0.2, 0.25) is 0 Å². The molecule has 0 radical (unpaired) electrons. The van der Waals surface area contributed by atoms with E-state index in [-0.39, 0.29) is 68.5 Å². The molecule has 6 aliphatic rings. The minimum absolute atomic E-state index is 0. The van der Waals surface area contributed by atoms with Crippen LogP contribution in [-0.2, 0) is 71.8 Å². The standard InChI is InChI=1S/C20H24N2O3.C17H15F3N2O2.C17H18N2O3.2C16H14F2N2O2.C11H16N4O2.CH4/c1-25-17-7-5-16(6-8-17)20(9-3-2-4-10-20)11-19-21-12-15(13-22-19)18(24)14-23;18-17(19,20)13-3-1-2-12(6-13)16(4-5-16)7-15-21-8-11(9-22-15)14(24)10-23;1-22-14-4-2-3-13(7-14)17(5-6-17)8-16-18-9-12(10-19-16)15(21)11-20;17-11-1-2-12(13(18)5-11)16(3-4-16)6-15-19-7-10(8-20-15)14(22)9-21;17-11-2-1-3-12(18)15(11)16(4-5-16)6-14-19-7-10(8-20-14)13(22)9-21;16-11(15-17)9-6-13-10(14-7-9)5-8-1-3-12-4-2-8;/h5-8,12-13,23H,2-4,9-11,14H2,1H3;1-3,6,8-9,23H,4-5,7,10H2;2-4,7,9-10,20H,5-6,8,11H2,1H3;1-2,5,7-8,21H,3-4,6,9H2;1-3,7-8,21H,4-6,9H2;6-8,12,17H,1-5H2,(H,15,16);1H4. The molecule has 5 aromatic carbocycles. The number of amides is 1. The summed E-state index contributed by atoms with van der Waals surface area (Å²) >= 11 is 0. The molecule has 5 saturated carbocycles. The maximum absolute atomic E-state index is 14.0. The lowest BCUT2D eigenvalue weighted by Gasteiger charge is -2.37. The van der Waals surface area contributed by atoms with Crippen molar-refractivity contribution in [2.24, 2.45) is 5.92 Å². The average molecular weight is 1840 g/mol. The van der Waals surface area contributed by atoms with Gasteiger partial charge in [0.05, 0.1) is 53.2 Å². The van der Waals surface area contributed by atoms with E-state index in [0.717, 1.165) is 138 Å². The molecule has 6 aromatic heterocycles. The van der Waals surface area contributed by atoms with Crippen LogP contribution in [-0.4, -0.2) is 186 Å². The molecule has 5 aliphatic carbocycles. The zero-order chi connectivity index (χ0) is 94.2. The van der Waals surface area contributed by atoms with Crippen LogP contribution < -0.4 is 20.3 Å². The van der Waals surface area contributed by atoms with Gasteiger partial charge >= 0.3 is 6.18 Å². The number of aliphatic hydroxyl groups is 5. The Hall–Kier alpha value is -12.8. The Balaban J connectivity index is 0.000000154. The number of ketones is 5. The molecule has 1 amide bonds. The highest BCUT2D eigenvalue weighted by molar-refractivity contribution is 5.98. The molecule has 700 valence electrons. The molecule has 1 saturated heterocycles. The van der Waals surface area contributed by atoms with Crippen LogP contribution in [0.1, 0.15) is 234 Å². The third kappa shape index (κ3) is 26.8.